The van der Waals surface area contributed by atoms with Crippen LogP contribution in [0.4, 0.5) is 5.69 Å². The van der Waals surface area contributed by atoms with Gasteiger partial charge in [0.15, 0.2) is 5.11 Å². The highest BCUT2D eigenvalue weighted by Crippen LogP contribution is 2.13. The highest BCUT2D eigenvalue weighted by atomic mass is 79.9. The number of benzene rings is 1. The van der Waals surface area contributed by atoms with Gasteiger partial charge in [-0.1, -0.05) is 15.9 Å². The maximum Gasteiger partial charge on any atom is 0.170 e. The Labute approximate surface area is 132 Å². The zero-order valence-corrected chi connectivity index (χ0v) is 13.7. The summed E-state index contributed by atoms with van der Waals surface area (Å²) < 4.78 is 3.00. The van der Waals surface area contributed by atoms with Crippen LogP contribution in [-0.4, -0.2) is 21.4 Å². The predicted molar refractivity (Wildman–Crippen MR) is 89.9 cm³/mol. The standard InChI is InChI=1S/C14H17BrN4S/c1-11-9-17-19(10-11)8-2-7-16-14(20)18-13-5-3-12(15)4-6-13/h3-6,9-10H,2,7-8H2,1H3,(H2,16,18,20). The Balaban J connectivity index is 1.66. The van der Waals surface area contributed by atoms with E-state index in [-0.39, 0.29) is 0 Å². The zero-order valence-electron chi connectivity index (χ0n) is 11.3. The third-order valence-electron chi connectivity index (χ3n) is 2.71. The number of hydrogen-bond donors (Lipinski definition) is 2. The fraction of sp³-hybridized carbons (Fsp3) is 0.286. The molecule has 1 heterocycles. The van der Waals surface area contributed by atoms with E-state index in [1.165, 1.54) is 5.56 Å². The summed E-state index contributed by atoms with van der Waals surface area (Å²) in [5, 5.41) is 11.2. The van der Waals surface area contributed by atoms with Gasteiger partial charge in [-0.05, 0) is 55.4 Å². The molecule has 1 aromatic carbocycles. The van der Waals surface area contributed by atoms with Crippen LogP contribution in [0.5, 0.6) is 0 Å². The molecule has 2 aromatic rings. The van der Waals surface area contributed by atoms with Gasteiger partial charge in [0.25, 0.3) is 0 Å². The van der Waals surface area contributed by atoms with Gasteiger partial charge in [-0.2, -0.15) is 5.10 Å². The van der Waals surface area contributed by atoms with E-state index in [2.05, 4.69) is 31.7 Å². The number of nitrogens with zero attached hydrogens (tertiary/aromatic N) is 2. The van der Waals surface area contributed by atoms with E-state index in [1.807, 2.05) is 48.3 Å². The number of aryl methyl sites for hydroxylation is 2. The van der Waals surface area contributed by atoms with Crippen molar-refractivity contribution in [2.45, 2.75) is 19.9 Å². The van der Waals surface area contributed by atoms with Gasteiger partial charge in [-0.25, -0.2) is 0 Å². The lowest BCUT2D eigenvalue weighted by Gasteiger charge is -2.10. The average molecular weight is 353 g/mol. The summed E-state index contributed by atoms with van der Waals surface area (Å²) in [6.07, 6.45) is 4.88. The summed E-state index contributed by atoms with van der Waals surface area (Å²) in [5.41, 5.74) is 2.17. The summed E-state index contributed by atoms with van der Waals surface area (Å²) in [6.45, 7) is 3.75. The molecule has 6 heteroatoms. The van der Waals surface area contributed by atoms with E-state index in [0.717, 1.165) is 29.7 Å². The lowest BCUT2D eigenvalue weighted by molar-refractivity contribution is 0.573. The molecule has 106 valence electrons. The maximum atomic E-state index is 5.25. The molecule has 0 fully saturated rings. The smallest absolute Gasteiger partial charge is 0.170 e. The second kappa shape index (κ2) is 7.40. The molecule has 0 aliphatic rings. The molecule has 0 bridgehead atoms. The molecular formula is C14H17BrN4S. The van der Waals surface area contributed by atoms with Crippen LogP contribution in [0.1, 0.15) is 12.0 Å². The molecule has 0 aliphatic carbocycles. The van der Waals surface area contributed by atoms with Gasteiger partial charge in [0.05, 0.1) is 6.20 Å². The molecule has 2 rings (SSSR count). The largest absolute Gasteiger partial charge is 0.362 e. The Morgan fingerprint density at radius 2 is 2.10 bits per heavy atom. The minimum Gasteiger partial charge on any atom is -0.362 e. The fourth-order valence-electron chi connectivity index (χ4n) is 1.74. The first-order valence-electron chi connectivity index (χ1n) is 6.43. The normalized spacial score (nSPS) is 10.3. The zero-order chi connectivity index (χ0) is 14.4. The minimum atomic E-state index is 0.643. The average Bonchev–Trinajstić information content (AvgIpc) is 2.83. The molecular weight excluding hydrogens is 336 g/mol. The van der Waals surface area contributed by atoms with Gasteiger partial charge in [0.2, 0.25) is 0 Å². The first kappa shape index (κ1) is 15.0. The second-order valence-electron chi connectivity index (χ2n) is 4.52. The van der Waals surface area contributed by atoms with Crippen molar-refractivity contribution in [1.82, 2.24) is 15.1 Å². The Bertz CT molecular complexity index is 565. The first-order chi connectivity index (χ1) is 9.63. The van der Waals surface area contributed by atoms with E-state index >= 15 is 0 Å². The molecule has 0 unspecified atom stereocenters. The lowest BCUT2D eigenvalue weighted by Crippen LogP contribution is -2.29. The van der Waals surface area contributed by atoms with Crippen LogP contribution in [0.25, 0.3) is 0 Å². The highest BCUT2D eigenvalue weighted by molar-refractivity contribution is 9.10. The van der Waals surface area contributed by atoms with Gasteiger partial charge in [0, 0.05) is 29.4 Å². The number of anilines is 1. The van der Waals surface area contributed by atoms with Gasteiger partial charge >= 0.3 is 0 Å². The van der Waals surface area contributed by atoms with Crippen molar-refractivity contribution < 1.29 is 0 Å². The molecule has 4 nitrogen and oxygen atoms in total. The quantitative estimate of drug-likeness (QED) is 0.639. The van der Waals surface area contributed by atoms with Crippen LogP contribution in [0.3, 0.4) is 0 Å². The summed E-state index contributed by atoms with van der Waals surface area (Å²) >= 11 is 8.65. The Kier molecular flexibility index (Phi) is 5.55. The van der Waals surface area contributed by atoms with Crippen molar-refractivity contribution >= 4 is 38.9 Å². The van der Waals surface area contributed by atoms with Crippen molar-refractivity contribution in [2.24, 2.45) is 0 Å². The molecule has 0 aliphatic heterocycles. The fourth-order valence-corrected chi connectivity index (χ4v) is 2.22. The Hall–Kier alpha value is -1.40. The highest BCUT2D eigenvalue weighted by Gasteiger charge is 1.98. The van der Waals surface area contributed by atoms with Crippen molar-refractivity contribution in [1.29, 1.82) is 0 Å². The summed E-state index contributed by atoms with van der Waals surface area (Å²) in [4.78, 5) is 0. The summed E-state index contributed by atoms with van der Waals surface area (Å²) in [7, 11) is 0. The van der Waals surface area contributed by atoms with Crippen LogP contribution in [0, 0.1) is 6.92 Å². The number of aromatic nitrogens is 2. The molecule has 0 saturated heterocycles. The molecule has 0 saturated carbocycles. The second-order valence-corrected chi connectivity index (χ2v) is 5.85. The Morgan fingerprint density at radius 3 is 2.75 bits per heavy atom. The maximum absolute atomic E-state index is 5.25. The SMILES string of the molecule is Cc1cnn(CCCNC(=S)Nc2ccc(Br)cc2)c1. The van der Waals surface area contributed by atoms with E-state index in [0.29, 0.717) is 5.11 Å². The van der Waals surface area contributed by atoms with Crippen LogP contribution in [-0.2, 0) is 6.54 Å². The van der Waals surface area contributed by atoms with Gasteiger partial charge in [-0.3, -0.25) is 4.68 Å². The number of hydrogen-bond acceptors (Lipinski definition) is 2. The molecule has 0 spiro atoms. The summed E-state index contributed by atoms with van der Waals surface area (Å²) in [5.74, 6) is 0. The molecule has 0 atom stereocenters. The van der Waals surface area contributed by atoms with Crippen LogP contribution < -0.4 is 10.6 Å². The predicted octanol–water partition coefficient (Wildman–Crippen LogP) is 3.33. The van der Waals surface area contributed by atoms with Gasteiger partial charge in [0.1, 0.15) is 0 Å². The molecule has 20 heavy (non-hydrogen) atoms. The van der Waals surface area contributed by atoms with Crippen molar-refractivity contribution in [3.63, 3.8) is 0 Å². The number of halogens is 1. The van der Waals surface area contributed by atoms with Gasteiger partial charge < -0.3 is 10.6 Å². The van der Waals surface area contributed by atoms with E-state index in [1.54, 1.807) is 0 Å². The van der Waals surface area contributed by atoms with E-state index in [4.69, 9.17) is 12.2 Å². The monoisotopic (exact) mass is 352 g/mol. The third-order valence-corrected chi connectivity index (χ3v) is 3.49. The van der Waals surface area contributed by atoms with Gasteiger partial charge in [-0.15, -0.1) is 0 Å². The van der Waals surface area contributed by atoms with Crippen LogP contribution in [0.2, 0.25) is 0 Å². The molecule has 0 amide bonds. The third kappa shape index (κ3) is 4.94. The summed E-state index contributed by atoms with van der Waals surface area (Å²) in [6, 6.07) is 7.91. The molecule has 1 aromatic heterocycles. The number of nitrogens with one attached hydrogen (secondary N) is 2. The minimum absolute atomic E-state index is 0.643. The topological polar surface area (TPSA) is 41.9 Å². The molecule has 0 radical (unpaired) electrons. The van der Waals surface area contributed by atoms with E-state index < -0.39 is 0 Å². The first-order valence-corrected chi connectivity index (χ1v) is 7.63. The molecule has 2 N–H and O–H groups in total. The van der Waals surface area contributed by atoms with Crippen molar-refractivity contribution in [3.8, 4) is 0 Å². The number of rotatable bonds is 5. The van der Waals surface area contributed by atoms with Crippen LogP contribution in [0.15, 0.2) is 41.1 Å². The van der Waals surface area contributed by atoms with Crippen molar-refractivity contribution in [2.75, 3.05) is 11.9 Å². The van der Waals surface area contributed by atoms with Crippen LogP contribution >= 0.6 is 28.1 Å². The van der Waals surface area contributed by atoms with E-state index in [9.17, 15) is 0 Å². The Morgan fingerprint density at radius 1 is 1.35 bits per heavy atom. The number of thiocarbonyl (C=S) groups is 1. The lowest BCUT2D eigenvalue weighted by atomic mass is 10.3. The van der Waals surface area contributed by atoms with Crippen molar-refractivity contribution in [3.05, 3.63) is 46.7 Å².